The second-order valence-electron chi connectivity index (χ2n) is 4.01. The van der Waals surface area contributed by atoms with Crippen LogP contribution < -0.4 is 11.1 Å². The molecule has 0 amide bonds. The van der Waals surface area contributed by atoms with Crippen molar-refractivity contribution in [1.82, 2.24) is 0 Å². The minimum atomic E-state index is -0.111. The van der Waals surface area contributed by atoms with E-state index >= 15 is 0 Å². The average Bonchev–Trinajstić information content (AvgIpc) is 2.30. The van der Waals surface area contributed by atoms with Crippen LogP contribution >= 0.6 is 11.6 Å². The van der Waals surface area contributed by atoms with Crippen LogP contribution in [0.3, 0.4) is 0 Å². The van der Waals surface area contributed by atoms with E-state index in [4.69, 9.17) is 17.3 Å². The topological polar surface area (TPSA) is 55.1 Å². The molecule has 3 N–H and O–H groups in total. The summed E-state index contributed by atoms with van der Waals surface area (Å²) in [4.78, 5) is 11.8. The first-order valence-corrected chi connectivity index (χ1v) is 5.89. The lowest BCUT2D eigenvalue weighted by molar-refractivity contribution is -0.118. The number of anilines is 1. The van der Waals surface area contributed by atoms with Gasteiger partial charge in [0.1, 0.15) is 5.16 Å². The molecule has 1 aromatic rings. The van der Waals surface area contributed by atoms with Crippen LogP contribution in [-0.4, -0.2) is 12.3 Å². The van der Waals surface area contributed by atoms with E-state index in [0.29, 0.717) is 10.7 Å². The zero-order valence-electron chi connectivity index (χ0n) is 10.0. The van der Waals surface area contributed by atoms with Crippen molar-refractivity contribution >= 4 is 23.1 Å². The molecule has 17 heavy (non-hydrogen) atoms. The van der Waals surface area contributed by atoms with Gasteiger partial charge in [-0.25, -0.2) is 0 Å². The van der Waals surface area contributed by atoms with Gasteiger partial charge in [0.2, 0.25) is 0 Å². The Bertz CT molecular complexity index is 413. The predicted octanol–water partition coefficient (Wildman–Crippen LogP) is 2.73. The fourth-order valence-corrected chi connectivity index (χ4v) is 1.65. The molecule has 0 saturated heterocycles. The first-order chi connectivity index (χ1) is 8.06. The number of halogens is 1. The molecule has 1 rings (SSSR count). The van der Waals surface area contributed by atoms with E-state index in [-0.39, 0.29) is 18.2 Å². The molecule has 0 aliphatic carbocycles. The van der Waals surface area contributed by atoms with Gasteiger partial charge < -0.3 is 11.1 Å². The van der Waals surface area contributed by atoms with E-state index in [1.807, 2.05) is 44.2 Å². The van der Waals surface area contributed by atoms with Crippen LogP contribution in [0.4, 0.5) is 5.69 Å². The number of para-hydroxylation sites is 1. The molecule has 0 aliphatic heterocycles. The second kappa shape index (κ2) is 6.42. The summed E-state index contributed by atoms with van der Waals surface area (Å²) in [6.07, 6.45) is 0. The Morgan fingerprint density at radius 1 is 1.35 bits per heavy atom. The minimum absolute atomic E-state index is 0.0269. The highest BCUT2D eigenvalue weighted by atomic mass is 35.5. The standard InChI is InChI=1S/C13H17ClN2O/c1-9(2)12(17)11(8-15)13(14)16-10-6-4-3-5-7-10/h3-7,9,16H,8,15H2,1-2H3/b13-11+. The van der Waals surface area contributed by atoms with Gasteiger partial charge in [0.25, 0.3) is 0 Å². The first-order valence-electron chi connectivity index (χ1n) is 5.51. The van der Waals surface area contributed by atoms with Crippen LogP contribution in [0.25, 0.3) is 0 Å². The number of rotatable bonds is 5. The van der Waals surface area contributed by atoms with Crippen molar-refractivity contribution < 1.29 is 4.79 Å². The van der Waals surface area contributed by atoms with Crippen LogP contribution in [0.15, 0.2) is 41.1 Å². The molecule has 0 aliphatic rings. The van der Waals surface area contributed by atoms with Gasteiger partial charge in [-0.2, -0.15) is 0 Å². The Morgan fingerprint density at radius 2 is 1.94 bits per heavy atom. The van der Waals surface area contributed by atoms with Crippen molar-refractivity contribution in [3.8, 4) is 0 Å². The summed E-state index contributed by atoms with van der Waals surface area (Å²) in [5.74, 6) is -0.138. The molecule has 0 radical (unpaired) electrons. The molecule has 4 heteroatoms. The van der Waals surface area contributed by atoms with Gasteiger partial charge in [0.15, 0.2) is 5.78 Å². The first kappa shape index (κ1) is 13.7. The lowest BCUT2D eigenvalue weighted by Gasteiger charge is -2.12. The summed E-state index contributed by atoms with van der Waals surface area (Å²) >= 11 is 6.09. The number of nitrogens with two attached hydrogens (primary N) is 1. The van der Waals surface area contributed by atoms with Crippen molar-refractivity contribution in [3.63, 3.8) is 0 Å². The summed E-state index contributed by atoms with van der Waals surface area (Å²) in [5.41, 5.74) is 6.83. The van der Waals surface area contributed by atoms with Gasteiger partial charge in [0, 0.05) is 23.7 Å². The van der Waals surface area contributed by atoms with Gasteiger partial charge in [-0.3, -0.25) is 4.79 Å². The molecule has 0 atom stereocenters. The number of carbonyl (C=O) groups is 1. The fourth-order valence-electron chi connectivity index (χ4n) is 1.37. The number of Topliss-reactive ketones (excluding diaryl/α,β-unsaturated/α-hetero) is 1. The number of ketones is 1. The molecule has 3 nitrogen and oxygen atoms in total. The van der Waals surface area contributed by atoms with Crippen molar-refractivity contribution in [2.45, 2.75) is 13.8 Å². The number of hydrogen-bond donors (Lipinski definition) is 2. The van der Waals surface area contributed by atoms with Gasteiger partial charge in [-0.05, 0) is 12.1 Å². The maximum absolute atomic E-state index is 11.8. The van der Waals surface area contributed by atoms with E-state index in [0.717, 1.165) is 5.69 Å². The zero-order valence-corrected chi connectivity index (χ0v) is 10.8. The average molecular weight is 253 g/mol. The Kier molecular flexibility index (Phi) is 5.19. The highest BCUT2D eigenvalue weighted by Crippen LogP contribution is 2.17. The zero-order chi connectivity index (χ0) is 12.8. The molecule has 0 heterocycles. The summed E-state index contributed by atoms with van der Waals surface area (Å²) in [6.45, 7) is 3.78. The maximum atomic E-state index is 11.8. The molecule has 0 fully saturated rings. The molecule has 0 aromatic heterocycles. The van der Waals surface area contributed by atoms with Gasteiger partial charge in [0.05, 0.1) is 0 Å². The number of benzene rings is 1. The second-order valence-corrected chi connectivity index (χ2v) is 4.38. The summed E-state index contributed by atoms with van der Waals surface area (Å²) in [6, 6.07) is 9.43. The normalized spacial score (nSPS) is 12.3. The van der Waals surface area contributed by atoms with Crippen molar-refractivity contribution in [2.75, 3.05) is 11.9 Å². The molecule has 0 bridgehead atoms. The summed E-state index contributed by atoms with van der Waals surface area (Å²) < 4.78 is 0. The van der Waals surface area contributed by atoms with Gasteiger partial charge >= 0.3 is 0 Å². The maximum Gasteiger partial charge on any atom is 0.165 e. The molecule has 0 saturated carbocycles. The SMILES string of the molecule is CC(C)C(=O)/C(CN)=C(\Cl)Nc1ccccc1. The third-order valence-corrected chi connectivity index (χ3v) is 2.64. The monoisotopic (exact) mass is 252 g/mol. The summed E-state index contributed by atoms with van der Waals surface area (Å²) in [5, 5.41) is 3.28. The Hall–Kier alpha value is -1.32. The van der Waals surface area contributed by atoms with Crippen molar-refractivity contribution in [2.24, 2.45) is 11.7 Å². The molecule has 0 unspecified atom stereocenters. The Morgan fingerprint density at radius 3 is 2.41 bits per heavy atom. The third-order valence-electron chi connectivity index (χ3n) is 2.32. The van der Waals surface area contributed by atoms with Gasteiger partial charge in [-0.1, -0.05) is 43.6 Å². The van der Waals surface area contributed by atoms with Crippen LogP contribution in [0.5, 0.6) is 0 Å². The number of hydrogen-bond acceptors (Lipinski definition) is 3. The quantitative estimate of drug-likeness (QED) is 0.626. The third kappa shape index (κ3) is 3.88. The van der Waals surface area contributed by atoms with Gasteiger partial charge in [-0.15, -0.1) is 0 Å². The van der Waals surface area contributed by atoms with Crippen LogP contribution in [0, 0.1) is 5.92 Å². The van der Waals surface area contributed by atoms with E-state index in [1.165, 1.54) is 0 Å². The van der Waals surface area contributed by atoms with Crippen molar-refractivity contribution in [3.05, 3.63) is 41.1 Å². The molecule has 92 valence electrons. The van der Waals surface area contributed by atoms with Crippen LogP contribution in [-0.2, 0) is 4.79 Å². The minimum Gasteiger partial charge on any atom is -0.346 e. The smallest absolute Gasteiger partial charge is 0.165 e. The Labute approximate surface area is 107 Å². The van der Waals surface area contributed by atoms with E-state index in [2.05, 4.69) is 5.32 Å². The van der Waals surface area contributed by atoms with E-state index in [9.17, 15) is 4.79 Å². The molecular formula is C13H17ClN2O. The van der Waals surface area contributed by atoms with Crippen LogP contribution in [0.1, 0.15) is 13.8 Å². The van der Waals surface area contributed by atoms with E-state index in [1.54, 1.807) is 0 Å². The predicted molar refractivity (Wildman–Crippen MR) is 71.8 cm³/mol. The highest BCUT2D eigenvalue weighted by molar-refractivity contribution is 6.33. The number of carbonyl (C=O) groups excluding carboxylic acids is 1. The summed E-state index contributed by atoms with van der Waals surface area (Å²) in [7, 11) is 0. The van der Waals surface area contributed by atoms with E-state index < -0.39 is 0 Å². The highest BCUT2D eigenvalue weighted by Gasteiger charge is 2.16. The largest absolute Gasteiger partial charge is 0.346 e. The molecule has 0 spiro atoms. The lowest BCUT2D eigenvalue weighted by atomic mass is 10.0. The fraction of sp³-hybridized carbons (Fsp3) is 0.308. The number of nitrogens with one attached hydrogen (secondary N) is 1. The van der Waals surface area contributed by atoms with Crippen molar-refractivity contribution in [1.29, 1.82) is 0 Å². The molecular weight excluding hydrogens is 236 g/mol. The molecule has 1 aromatic carbocycles. The lowest BCUT2D eigenvalue weighted by Crippen LogP contribution is -2.20. The van der Waals surface area contributed by atoms with Crippen LogP contribution in [0.2, 0.25) is 0 Å². The Balaban J connectivity index is 2.91.